The number of hydrogen-bond acceptors (Lipinski definition) is 3. The van der Waals surface area contributed by atoms with E-state index in [1.54, 1.807) is 7.11 Å². The van der Waals surface area contributed by atoms with Crippen LogP contribution in [0, 0.1) is 20.8 Å². The summed E-state index contributed by atoms with van der Waals surface area (Å²) in [7, 11) is 3.07. The fraction of sp³-hybridized carbons (Fsp3) is 0.462. The van der Waals surface area contributed by atoms with Gasteiger partial charge in [0.05, 0.1) is 20.6 Å². The lowest BCUT2D eigenvalue weighted by molar-refractivity contribution is -0.139. The van der Waals surface area contributed by atoms with Gasteiger partial charge in [-0.25, -0.2) is 0 Å². The quantitative estimate of drug-likeness (QED) is 0.736. The third-order valence-electron chi connectivity index (χ3n) is 2.90. The standard InChI is InChI=1S/C13H18O3/c1-8-6-11(7-12(14)15-4)9(2)10(3)13(8)16-5/h6H,7H2,1-5H3. The van der Waals surface area contributed by atoms with Gasteiger partial charge in [-0.3, -0.25) is 4.79 Å². The predicted octanol–water partition coefficient (Wildman–Crippen LogP) is 2.34. The van der Waals surface area contributed by atoms with E-state index in [1.165, 1.54) is 7.11 Å². The molecule has 1 aromatic carbocycles. The first-order chi connectivity index (χ1) is 7.51. The van der Waals surface area contributed by atoms with Gasteiger partial charge in [0.25, 0.3) is 0 Å². The monoisotopic (exact) mass is 222 g/mol. The second-order valence-electron chi connectivity index (χ2n) is 3.89. The first-order valence-corrected chi connectivity index (χ1v) is 5.21. The molecule has 0 bridgehead atoms. The number of benzene rings is 1. The van der Waals surface area contributed by atoms with Gasteiger partial charge in [-0.1, -0.05) is 6.07 Å². The highest BCUT2D eigenvalue weighted by Gasteiger charge is 2.13. The number of esters is 1. The van der Waals surface area contributed by atoms with Crippen LogP contribution in [-0.4, -0.2) is 20.2 Å². The number of carbonyl (C=O) groups excluding carboxylic acids is 1. The minimum absolute atomic E-state index is 0.216. The Balaban J connectivity index is 3.18. The van der Waals surface area contributed by atoms with Crippen LogP contribution in [0.5, 0.6) is 5.75 Å². The largest absolute Gasteiger partial charge is 0.496 e. The van der Waals surface area contributed by atoms with Gasteiger partial charge in [0.1, 0.15) is 5.75 Å². The normalized spacial score (nSPS) is 10.1. The highest BCUT2D eigenvalue weighted by Crippen LogP contribution is 2.28. The summed E-state index contributed by atoms with van der Waals surface area (Å²) >= 11 is 0. The van der Waals surface area contributed by atoms with Crippen LogP contribution in [-0.2, 0) is 16.0 Å². The Morgan fingerprint density at radius 1 is 1.19 bits per heavy atom. The van der Waals surface area contributed by atoms with Gasteiger partial charge in [-0.05, 0) is 43.0 Å². The van der Waals surface area contributed by atoms with Crippen molar-refractivity contribution in [3.8, 4) is 5.75 Å². The van der Waals surface area contributed by atoms with E-state index in [4.69, 9.17) is 4.74 Å². The lowest BCUT2D eigenvalue weighted by Crippen LogP contribution is -2.07. The molecule has 0 saturated heterocycles. The molecular formula is C13H18O3. The fourth-order valence-corrected chi connectivity index (χ4v) is 1.87. The number of aryl methyl sites for hydroxylation is 1. The molecule has 0 aliphatic heterocycles. The second-order valence-corrected chi connectivity index (χ2v) is 3.89. The average molecular weight is 222 g/mol. The number of methoxy groups -OCH3 is 2. The van der Waals surface area contributed by atoms with Crippen LogP contribution < -0.4 is 4.74 Å². The lowest BCUT2D eigenvalue weighted by Gasteiger charge is -2.15. The summed E-state index contributed by atoms with van der Waals surface area (Å²) in [5.74, 6) is 0.679. The van der Waals surface area contributed by atoms with Crippen LogP contribution >= 0.6 is 0 Å². The molecule has 0 aromatic heterocycles. The Hall–Kier alpha value is -1.51. The molecule has 0 saturated carbocycles. The maximum Gasteiger partial charge on any atom is 0.309 e. The van der Waals surface area contributed by atoms with Crippen LogP contribution in [0.4, 0.5) is 0 Å². The van der Waals surface area contributed by atoms with Crippen molar-refractivity contribution in [1.82, 2.24) is 0 Å². The van der Waals surface area contributed by atoms with E-state index in [0.717, 1.165) is 28.0 Å². The summed E-state index contributed by atoms with van der Waals surface area (Å²) in [4.78, 5) is 11.3. The lowest BCUT2D eigenvalue weighted by atomic mass is 9.97. The Morgan fingerprint density at radius 3 is 2.31 bits per heavy atom. The van der Waals surface area contributed by atoms with E-state index in [-0.39, 0.29) is 5.97 Å². The maximum absolute atomic E-state index is 11.3. The molecule has 0 aliphatic rings. The predicted molar refractivity (Wildman–Crippen MR) is 62.9 cm³/mol. The maximum atomic E-state index is 11.3. The molecule has 3 heteroatoms. The van der Waals surface area contributed by atoms with Gasteiger partial charge in [-0.15, -0.1) is 0 Å². The van der Waals surface area contributed by atoms with Crippen molar-refractivity contribution in [3.05, 3.63) is 28.3 Å². The number of carbonyl (C=O) groups is 1. The first-order valence-electron chi connectivity index (χ1n) is 5.21. The van der Waals surface area contributed by atoms with E-state index in [1.807, 2.05) is 26.8 Å². The number of rotatable bonds is 3. The van der Waals surface area contributed by atoms with Gasteiger partial charge in [0.2, 0.25) is 0 Å². The fourth-order valence-electron chi connectivity index (χ4n) is 1.87. The summed E-state index contributed by atoms with van der Waals surface area (Å²) in [5.41, 5.74) is 4.22. The van der Waals surface area contributed by atoms with Crippen LogP contribution in [0.2, 0.25) is 0 Å². The molecule has 0 amide bonds. The van der Waals surface area contributed by atoms with Gasteiger partial charge in [0.15, 0.2) is 0 Å². The van der Waals surface area contributed by atoms with Crippen LogP contribution in [0.25, 0.3) is 0 Å². The smallest absolute Gasteiger partial charge is 0.309 e. The van der Waals surface area contributed by atoms with Crippen LogP contribution in [0.3, 0.4) is 0 Å². The molecule has 1 aromatic rings. The zero-order valence-corrected chi connectivity index (χ0v) is 10.5. The number of hydrogen-bond donors (Lipinski definition) is 0. The molecule has 16 heavy (non-hydrogen) atoms. The SMILES string of the molecule is COC(=O)Cc1cc(C)c(OC)c(C)c1C. The minimum Gasteiger partial charge on any atom is -0.496 e. The average Bonchev–Trinajstić information content (AvgIpc) is 2.26. The molecular weight excluding hydrogens is 204 g/mol. The van der Waals surface area contributed by atoms with E-state index >= 15 is 0 Å². The third-order valence-corrected chi connectivity index (χ3v) is 2.90. The van der Waals surface area contributed by atoms with E-state index in [9.17, 15) is 4.79 Å². The summed E-state index contributed by atoms with van der Waals surface area (Å²) < 4.78 is 10.0. The summed E-state index contributed by atoms with van der Waals surface area (Å²) in [6, 6.07) is 1.98. The zero-order chi connectivity index (χ0) is 12.3. The van der Waals surface area contributed by atoms with Gasteiger partial charge in [-0.2, -0.15) is 0 Å². The van der Waals surface area contributed by atoms with Crippen molar-refractivity contribution in [2.24, 2.45) is 0 Å². The second kappa shape index (κ2) is 5.01. The Morgan fingerprint density at radius 2 is 1.81 bits per heavy atom. The van der Waals surface area contributed by atoms with Crippen molar-refractivity contribution in [2.75, 3.05) is 14.2 Å². The Labute approximate surface area is 96.4 Å². The van der Waals surface area contributed by atoms with Crippen LogP contribution in [0.1, 0.15) is 22.3 Å². The molecule has 0 spiro atoms. The zero-order valence-electron chi connectivity index (χ0n) is 10.5. The first kappa shape index (κ1) is 12.6. The van der Waals surface area contributed by atoms with Crippen molar-refractivity contribution >= 4 is 5.97 Å². The van der Waals surface area contributed by atoms with E-state index in [2.05, 4.69) is 4.74 Å². The van der Waals surface area contributed by atoms with Gasteiger partial charge in [0, 0.05) is 0 Å². The van der Waals surface area contributed by atoms with Crippen molar-refractivity contribution in [1.29, 1.82) is 0 Å². The molecule has 3 nitrogen and oxygen atoms in total. The summed E-state index contributed by atoms with van der Waals surface area (Å²) in [5, 5.41) is 0. The molecule has 0 N–H and O–H groups in total. The molecule has 0 radical (unpaired) electrons. The van der Waals surface area contributed by atoms with Crippen molar-refractivity contribution in [3.63, 3.8) is 0 Å². The Bertz CT molecular complexity index is 408. The topological polar surface area (TPSA) is 35.5 Å². The van der Waals surface area contributed by atoms with Crippen molar-refractivity contribution < 1.29 is 14.3 Å². The minimum atomic E-state index is -0.216. The number of ether oxygens (including phenoxy) is 2. The molecule has 0 atom stereocenters. The molecule has 88 valence electrons. The van der Waals surface area contributed by atoms with E-state index in [0.29, 0.717) is 6.42 Å². The highest BCUT2D eigenvalue weighted by molar-refractivity contribution is 5.73. The molecule has 0 unspecified atom stereocenters. The van der Waals surface area contributed by atoms with Crippen LogP contribution in [0.15, 0.2) is 6.07 Å². The summed E-state index contributed by atoms with van der Waals surface area (Å²) in [6.07, 6.45) is 0.313. The Kier molecular flexibility index (Phi) is 3.93. The third kappa shape index (κ3) is 2.35. The summed E-state index contributed by atoms with van der Waals surface area (Å²) in [6.45, 7) is 5.98. The van der Waals surface area contributed by atoms with Gasteiger partial charge < -0.3 is 9.47 Å². The molecule has 0 aliphatic carbocycles. The molecule has 0 heterocycles. The van der Waals surface area contributed by atoms with E-state index < -0.39 is 0 Å². The van der Waals surface area contributed by atoms with Crippen molar-refractivity contribution in [2.45, 2.75) is 27.2 Å². The highest BCUT2D eigenvalue weighted by atomic mass is 16.5. The van der Waals surface area contributed by atoms with Gasteiger partial charge >= 0.3 is 5.97 Å². The molecule has 0 fully saturated rings. The molecule has 1 rings (SSSR count).